The zero-order valence-corrected chi connectivity index (χ0v) is 15.3. The first-order valence-corrected chi connectivity index (χ1v) is 9.41. The second kappa shape index (κ2) is 8.30. The summed E-state index contributed by atoms with van der Waals surface area (Å²) in [5.74, 6) is 0.0745. The minimum absolute atomic E-state index is 0.0745. The second-order valence-corrected chi connectivity index (χ2v) is 7.29. The molecule has 1 aliphatic rings. The standard InChI is InChI=1S/C22H28N2O/c1-16-13-14-17(2)20(15-16)24-22(25)21(18-9-5-3-6-10-18)23-19-11-7-4-8-12-19/h3,5-6,9-10,13-15,19,21,23H,4,7-8,11-12H2,1-2H3,(H,24,25)/p+1/t21-/m0/s1. The minimum Gasteiger partial charge on any atom is -0.330 e. The van der Waals surface area contributed by atoms with E-state index in [2.05, 4.69) is 47.9 Å². The number of benzene rings is 2. The molecule has 0 aliphatic heterocycles. The molecule has 1 atom stereocenters. The summed E-state index contributed by atoms with van der Waals surface area (Å²) in [7, 11) is 0. The summed E-state index contributed by atoms with van der Waals surface area (Å²) in [6.07, 6.45) is 6.30. The Bertz CT molecular complexity index is 705. The van der Waals surface area contributed by atoms with Gasteiger partial charge in [-0.15, -0.1) is 0 Å². The average molecular weight is 337 g/mol. The molecule has 1 saturated carbocycles. The van der Waals surface area contributed by atoms with Crippen LogP contribution in [0.4, 0.5) is 5.69 Å². The van der Waals surface area contributed by atoms with Gasteiger partial charge in [0.25, 0.3) is 5.91 Å². The number of anilines is 1. The lowest BCUT2D eigenvalue weighted by atomic mass is 9.93. The molecular formula is C22H29N2O+. The summed E-state index contributed by atoms with van der Waals surface area (Å²) >= 11 is 0. The number of nitrogens with one attached hydrogen (secondary N) is 1. The molecule has 0 bridgehead atoms. The van der Waals surface area contributed by atoms with E-state index in [1.165, 1.54) is 32.1 Å². The van der Waals surface area contributed by atoms with Crippen molar-refractivity contribution in [3.8, 4) is 0 Å². The molecule has 3 N–H and O–H groups in total. The number of hydrogen-bond donors (Lipinski definition) is 2. The zero-order chi connectivity index (χ0) is 17.6. The van der Waals surface area contributed by atoms with Crippen LogP contribution in [0.25, 0.3) is 0 Å². The molecule has 0 spiro atoms. The number of quaternary nitrogens is 1. The maximum absolute atomic E-state index is 13.1. The van der Waals surface area contributed by atoms with Gasteiger partial charge in [0.05, 0.1) is 6.04 Å². The lowest BCUT2D eigenvalue weighted by Crippen LogP contribution is -2.92. The van der Waals surface area contributed by atoms with Gasteiger partial charge in [0.2, 0.25) is 0 Å². The van der Waals surface area contributed by atoms with E-state index >= 15 is 0 Å². The Morgan fingerprint density at radius 1 is 1.04 bits per heavy atom. The quantitative estimate of drug-likeness (QED) is 0.854. The Morgan fingerprint density at radius 3 is 2.48 bits per heavy atom. The molecule has 2 aromatic rings. The number of rotatable bonds is 5. The molecule has 3 nitrogen and oxygen atoms in total. The van der Waals surface area contributed by atoms with Crippen molar-refractivity contribution in [2.24, 2.45) is 0 Å². The van der Waals surface area contributed by atoms with E-state index in [-0.39, 0.29) is 11.9 Å². The van der Waals surface area contributed by atoms with Gasteiger partial charge in [0, 0.05) is 11.3 Å². The highest BCUT2D eigenvalue weighted by molar-refractivity contribution is 5.95. The Labute approximate surface area is 150 Å². The van der Waals surface area contributed by atoms with Gasteiger partial charge in [0.1, 0.15) is 0 Å². The van der Waals surface area contributed by atoms with Crippen LogP contribution in [-0.4, -0.2) is 11.9 Å². The maximum atomic E-state index is 13.1. The van der Waals surface area contributed by atoms with Gasteiger partial charge < -0.3 is 10.6 Å². The third-order valence-corrected chi connectivity index (χ3v) is 5.21. The maximum Gasteiger partial charge on any atom is 0.287 e. The smallest absolute Gasteiger partial charge is 0.287 e. The average Bonchev–Trinajstić information content (AvgIpc) is 2.64. The number of nitrogens with two attached hydrogens (primary N) is 1. The van der Waals surface area contributed by atoms with Crippen LogP contribution in [0.1, 0.15) is 54.8 Å². The third kappa shape index (κ3) is 4.70. The first-order chi connectivity index (χ1) is 12.1. The summed E-state index contributed by atoms with van der Waals surface area (Å²) in [5.41, 5.74) is 4.26. The number of carbonyl (C=O) groups is 1. The predicted octanol–water partition coefficient (Wildman–Crippen LogP) is 3.88. The SMILES string of the molecule is Cc1ccc(C)c(NC(=O)[C@@H]([NH2+]C2CCCCC2)c2ccccc2)c1. The van der Waals surface area contributed by atoms with Crippen LogP contribution in [0.15, 0.2) is 48.5 Å². The Hall–Kier alpha value is -2.13. The molecular weight excluding hydrogens is 308 g/mol. The van der Waals surface area contributed by atoms with Crippen molar-refractivity contribution in [1.82, 2.24) is 0 Å². The van der Waals surface area contributed by atoms with Crippen molar-refractivity contribution in [1.29, 1.82) is 0 Å². The number of hydrogen-bond acceptors (Lipinski definition) is 1. The van der Waals surface area contributed by atoms with E-state index in [0.717, 1.165) is 22.4 Å². The van der Waals surface area contributed by atoms with Gasteiger partial charge >= 0.3 is 0 Å². The number of aryl methyl sites for hydroxylation is 2. The normalized spacial score (nSPS) is 16.4. The summed E-state index contributed by atoms with van der Waals surface area (Å²) < 4.78 is 0. The van der Waals surface area contributed by atoms with E-state index in [1.54, 1.807) is 0 Å². The van der Waals surface area contributed by atoms with Gasteiger partial charge in [-0.05, 0) is 56.7 Å². The van der Waals surface area contributed by atoms with Crippen LogP contribution in [0, 0.1) is 13.8 Å². The molecule has 1 amide bonds. The monoisotopic (exact) mass is 337 g/mol. The molecule has 2 aromatic carbocycles. The number of carbonyl (C=O) groups excluding carboxylic acids is 1. The Morgan fingerprint density at radius 2 is 1.76 bits per heavy atom. The highest BCUT2D eigenvalue weighted by atomic mass is 16.2. The number of amides is 1. The first-order valence-electron chi connectivity index (χ1n) is 9.41. The summed E-state index contributed by atoms with van der Waals surface area (Å²) in [4.78, 5) is 13.1. The third-order valence-electron chi connectivity index (χ3n) is 5.21. The van der Waals surface area contributed by atoms with Gasteiger partial charge in [-0.3, -0.25) is 4.79 Å². The molecule has 0 aromatic heterocycles. The van der Waals surface area contributed by atoms with Gasteiger partial charge in [-0.25, -0.2) is 0 Å². The fraction of sp³-hybridized carbons (Fsp3) is 0.409. The molecule has 3 rings (SSSR count). The van der Waals surface area contributed by atoms with Crippen molar-refractivity contribution in [2.45, 2.75) is 58.0 Å². The molecule has 0 radical (unpaired) electrons. The lowest BCUT2D eigenvalue weighted by molar-refractivity contribution is -0.717. The van der Waals surface area contributed by atoms with E-state index in [1.807, 2.05) is 25.1 Å². The summed E-state index contributed by atoms with van der Waals surface area (Å²) in [6.45, 7) is 4.09. The molecule has 25 heavy (non-hydrogen) atoms. The predicted molar refractivity (Wildman–Crippen MR) is 103 cm³/mol. The minimum atomic E-state index is -0.191. The highest BCUT2D eigenvalue weighted by Gasteiger charge is 2.29. The second-order valence-electron chi connectivity index (χ2n) is 7.29. The van der Waals surface area contributed by atoms with Crippen LogP contribution < -0.4 is 10.6 Å². The van der Waals surface area contributed by atoms with Crippen molar-refractivity contribution >= 4 is 11.6 Å². The van der Waals surface area contributed by atoms with Crippen molar-refractivity contribution < 1.29 is 10.1 Å². The summed E-state index contributed by atoms with van der Waals surface area (Å²) in [5, 5.41) is 5.46. The van der Waals surface area contributed by atoms with Gasteiger partial charge in [-0.2, -0.15) is 0 Å². The summed E-state index contributed by atoms with van der Waals surface area (Å²) in [6, 6.07) is 16.7. The van der Waals surface area contributed by atoms with E-state index < -0.39 is 0 Å². The van der Waals surface area contributed by atoms with Crippen LogP contribution in [0.3, 0.4) is 0 Å². The Balaban J connectivity index is 1.80. The van der Waals surface area contributed by atoms with Crippen LogP contribution in [0.5, 0.6) is 0 Å². The Kier molecular flexibility index (Phi) is 5.87. The van der Waals surface area contributed by atoms with Crippen LogP contribution in [-0.2, 0) is 4.79 Å². The molecule has 1 aliphatic carbocycles. The largest absolute Gasteiger partial charge is 0.330 e. The van der Waals surface area contributed by atoms with Crippen LogP contribution >= 0.6 is 0 Å². The lowest BCUT2D eigenvalue weighted by Gasteiger charge is -2.25. The molecule has 132 valence electrons. The van der Waals surface area contributed by atoms with Crippen molar-refractivity contribution in [3.05, 3.63) is 65.2 Å². The van der Waals surface area contributed by atoms with Gasteiger partial charge in [-0.1, -0.05) is 48.9 Å². The highest BCUT2D eigenvalue weighted by Crippen LogP contribution is 2.20. The van der Waals surface area contributed by atoms with Crippen molar-refractivity contribution in [2.75, 3.05) is 5.32 Å². The fourth-order valence-corrected chi connectivity index (χ4v) is 3.69. The molecule has 0 unspecified atom stereocenters. The van der Waals surface area contributed by atoms with E-state index in [4.69, 9.17) is 0 Å². The molecule has 1 fully saturated rings. The van der Waals surface area contributed by atoms with Gasteiger partial charge in [0.15, 0.2) is 6.04 Å². The van der Waals surface area contributed by atoms with E-state index in [0.29, 0.717) is 6.04 Å². The molecule has 0 heterocycles. The zero-order valence-electron chi connectivity index (χ0n) is 15.3. The van der Waals surface area contributed by atoms with Crippen molar-refractivity contribution in [3.63, 3.8) is 0 Å². The fourth-order valence-electron chi connectivity index (χ4n) is 3.69. The van der Waals surface area contributed by atoms with Crippen LogP contribution in [0.2, 0.25) is 0 Å². The first kappa shape index (κ1) is 17.7. The topological polar surface area (TPSA) is 45.7 Å². The molecule has 0 saturated heterocycles. The van der Waals surface area contributed by atoms with E-state index in [9.17, 15) is 4.79 Å². The molecule has 3 heteroatoms.